The van der Waals surface area contributed by atoms with Crippen molar-refractivity contribution in [2.24, 2.45) is 0 Å². The summed E-state index contributed by atoms with van der Waals surface area (Å²) in [4.78, 5) is 10.5. The SMILES string of the molecule is CCO[Si](O)(OCC)c1ccc(-c2ccc(F)c(F)c2)cc1. The molecule has 0 spiro atoms. The lowest BCUT2D eigenvalue weighted by molar-refractivity contribution is 0.124. The van der Waals surface area contributed by atoms with Gasteiger partial charge in [-0.1, -0.05) is 30.3 Å². The van der Waals surface area contributed by atoms with Crippen molar-refractivity contribution in [3.63, 3.8) is 0 Å². The molecular formula is C16H18F2O3Si. The van der Waals surface area contributed by atoms with Gasteiger partial charge < -0.3 is 13.6 Å². The van der Waals surface area contributed by atoms with Crippen LogP contribution >= 0.6 is 0 Å². The number of benzene rings is 2. The highest BCUT2D eigenvalue weighted by Gasteiger charge is 2.39. The van der Waals surface area contributed by atoms with E-state index in [1.807, 2.05) is 0 Å². The third-order valence-electron chi connectivity index (χ3n) is 3.18. The van der Waals surface area contributed by atoms with Crippen LogP contribution in [-0.4, -0.2) is 26.8 Å². The average Bonchev–Trinajstić information content (AvgIpc) is 2.51. The molecule has 0 aliphatic heterocycles. The molecule has 0 fully saturated rings. The summed E-state index contributed by atoms with van der Waals surface area (Å²) < 4.78 is 37.1. The van der Waals surface area contributed by atoms with E-state index in [9.17, 15) is 13.6 Å². The molecule has 2 rings (SSSR count). The highest BCUT2D eigenvalue weighted by atomic mass is 28.4. The first kappa shape index (κ1) is 16.8. The molecule has 0 saturated carbocycles. The summed E-state index contributed by atoms with van der Waals surface area (Å²) in [5.74, 6) is -1.77. The van der Waals surface area contributed by atoms with Crippen LogP contribution < -0.4 is 5.19 Å². The van der Waals surface area contributed by atoms with E-state index in [2.05, 4.69) is 0 Å². The van der Waals surface area contributed by atoms with Crippen LogP contribution in [0, 0.1) is 11.6 Å². The predicted octanol–water partition coefficient (Wildman–Crippen LogP) is 2.84. The Kier molecular flexibility index (Phi) is 5.41. The minimum atomic E-state index is -3.40. The topological polar surface area (TPSA) is 38.7 Å². The summed E-state index contributed by atoms with van der Waals surface area (Å²) in [5.41, 5.74) is 1.27. The maximum Gasteiger partial charge on any atom is 0.534 e. The summed E-state index contributed by atoms with van der Waals surface area (Å²) in [6, 6.07) is 10.5. The van der Waals surface area contributed by atoms with Crippen molar-refractivity contribution >= 4 is 14.0 Å². The monoisotopic (exact) mass is 324 g/mol. The quantitative estimate of drug-likeness (QED) is 0.831. The van der Waals surface area contributed by atoms with Crippen LogP contribution in [0.5, 0.6) is 0 Å². The van der Waals surface area contributed by atoms with E-state index in [1.54, 1.807) is 38.1 Å². The Morgan fingerprint density at radius 1 is 0.864 bits per heavy atom. The number of hydrogen-bond donors (Lipinski definition) is 1. The lowest BCUT2D eigenvalue weighted by Crippen LogP contribution is -2.54. The van der Waals surface area contributed by atoms with Gasteiger partial charge in [0.2, 0.25) is 0 Å². The van der Waals surface area contributed by atoms with Crippen LogP contribution in [0.4, 0.5) is 8.78 Å². The predicted molar refractivity (Wildman–Crippen MR) is 82.7 cm³/mol. The second-order valence-corrected chi connectivity index (χ2v) is 6.97. The molecule has 0 amide bonds. The molecule has 22 heavy (non-hydrogen) atoms. The Morgan fingerprint density at radius 3 is 1.91 bits per heavy atom. The first-order valence-corrected chi connectivity index (χ1v) is 8.82. The van der Waals surface area contributed by atoms with Crippen LogP contribution in [0.25, 0.3) is 11.1 Å². The van der Waals surface area contributed by atoms with Crippen molar-refractivity contribution in [3.8, 4) is 11.1 Å². The van der Waals surface area contributed by atoms with E-state index in [0.717, 1.165) is 12.1 Å². The maximum atomic E-state index is 13.3. The zero-order valence-electron chi connectivity index (χ0n) is 12.5. The Hall–Kier alpha value is -1.60. The Bertz CT molecular complexity index is 626. The summed E-state index contributed by atoms with van der Waals surface area (Å²) in [7, 11) is -3.40. The second-order valence-electron chi connectivity index (χ2n) is 4.65. The van der Waals surface area contributed by atoms with Gasteiger partial charge in [0.25, 0.3) is 0 Å². The van der Waals surface area contributed by atoms with Gasteiger partial charge in [-0.15, -0.1) is 0 Å². The molecule has 6 heteroatoms. The molecule has 0 saturated heterocycles. The third kappa shape index (κ3) is 3.59. The van der Waals surface area contributed by atoms with Gasteiger partial charge in [-0.2, -0.15) is 0 Å². The van der Waals surface area contributed by atoms with Crippen LogP contribution in [0.1, 0.15) is 13.8 Å². The normalized spacial score (nSPS) is 11.7. The van der Waals surface area contributed by atoms with Crippen LogP contribution in [0.2, 0.25) is 0 Å². The molecule has 0 aliphatic carbocycles. The second kappa shape index (κ2) is 7.10. The minimum absolute atomic E-state index is 0.341. The fraction of sp³-hybridized carbons (Fsp3) is 0.250. The van der Waals surface area contributed by atoms with Gasteiger partial charge in [0.05, 0.1) is 0 Å². The first-order valence-electron chi connectivity index (χ1n) is 7.06. The summed E-state index contributed by atoms with van der Waals surface area (Å²) in [5, 5.41) is 0.572. The fourth-order valence-corrected chi connectivity index (χ4v) is 3.94. The number of halogens is 2. The minimum Gasteiger partial charge on any atom is -0.386 e. The Balaban J connectivity index is 2.30. The van der Waals surface area contributed by atoms with Gasteiger partial charge >= 0.3 is 8.80 Å². The van der Waals surface area contributed by atoms with Crippen LogP contribution in [0.15, 0.2) is 42.5 Å². The highest BCUT2D eigenvalue weighted by molar-refractivity contribution is 6.74. The van der Waals surface area contributed by atoms with Gasteiger partial charge in [0.1, 0.15) is 0 Å². The molecule has 2 aromatic rings. The van der Waals surface area contributed by atoms with Gasteiger partial charge in [-0.25, -0.2) is 8.78 Å². The van der Waals surface area contributed by atoms with E-state index in [4.69, 9.17) is 8.85 Å². The van der Waals surface area contributed by atoms with Crippen molar-refractivity contribution in [3.05, 3.63) is 54.1 Å². The zero-order valence-corrected chi connectivity index (χ0v) is 13.5. The van der Waals surface area contributed by atoms with Crippen molar-refractivity contribution < 1.29 is 22.4 Å². The van der Waals surface area contributed by atoms with Crippen LogP contribution in [-0.2, 0) is 8.85 Å². The third-order valence-corrected chi connectivity index (χ3v) is 5.61. The molecular weight excluding hydrogens is 306 g/mol. The Labute approximate surface area is 129 Å². The smallest absolute Gasteiger partial charge is 0.386 e. The largest absolute Gasteiger partial charge is 0.534 e. The number of rotatable bonds is 6. The van der Waals surface area contributed by atoms with E-state index in [-0.39, 0.29) is 0 Å². The molecule has 0 aliphatic rings. The fourth-order valence-electron chi connectivity index (χ4n) is 2.15. The zero-order chi connectivity index (χ0) is 16.2. The lowest BCUT2D eigenvalue weighted by Gasteiger charge is -2.23. The number of hydrogen-bond acceptors (Lipinski definition) is 3. The molecule has 2 aromatic carbocycles. The summed E-state index contributed by atoms with van der Waals surface area (Å²) >= 11 is 0. The molecule has 0 unspecified atom stereocenters. The molecule has 0 bridgehead atoms. The van der Waals surface area contributed by atoms with E-state index < -0.39 is 20.4 Å². The van der Waals surface area contributed by atoms with Crippen molar-refractivity contribution in [2.75, 3.05) is 13.2 Å². The summed E-state index contributed by atoms with van der Waals surface area (Å²) in [6.07, 6.45) is 0. The Morgan fingerprint density at radius 2 is 1.41 bits per heavy atom. The molecule has 3 nitrogen and oxygen atoms in total. The van der Waals surface area contributed by atoms with Gasteiger partial charge in [-0.05, 0) is 37.1 Å². The molecule has 0 atom stereocenters. The van der Waals surface area contributed by atoms with E-state index >= 15 is 0 Å². The highest BCUT2D eigenvalue weighted by Crippen LogP contribution is 2.21. The van der Waals surface area contributed by atoms with Gasteiger partial charge in [-0.3, -0.25) is 0 Å². The van der Waals surface area contributed by atoms with E-state index in [0.29, 0.717) is 29.5 Å². The van der Waals surface area contributed by atoms with Crippen molar-refractivity contribution in [1.29, 1.82) is 0 Å². The van der Waals surface area contributed by atoms with Gasteiger partial charge in [0.15, 0.2) is 11.6 Å². The summed E-state index contributed by atoms with van der Waals surface area (Å²) in [6.45, 7) is 4.25. The maximum absolute atomic E-state index is 13.3. The van der Waals surface area contributed by atoms with E-state index in [1.165, 1.54) is 6.07 Å². The molecule has 118 valence electrons. The first-order chi connectivity index (χ1) is 10.5. The van der Waals surface area contributed by atoms with Crippen molar-refractivity contribution in [1.82, 2.24) is 0 Å². The molecule has 1 N–H and O–H groups in total. The van der Waals surface area contributed by atoms with Crippen LogP contribution in [0.3, 0.4) is 0 Å². The standard InChI is InChI=1S/C16H18F2O3Si/c1-3-20-22(19,21-4-2)14-8-5-12(6-9-14)13-7-10-15(17)16(18)11-13/h5-11,19H,3-4H2,1-2H3. The molecule has 0 radical (unpaired) electrons. The van der Waals surface area contributed by atoms with Gasteiger partial charge in [0, 0.05) is 18.4 Å². The average molecular weight is 324 g/mol. The molecule has 0 heterocycles. The van der Waals surface area contributed by atoms with Crippen molar-refractivity contribution in [2.45, 2.75) is 13.8 Å². The lowest BCUT2D eigenvalue weighted by atomic mass is 10.1. The molecule has 0 aromatic heterocycles.